The molecule has 2 atom stereocenters. The first-order valence-electron chi connectivity index (χ1n) is 23.4. The monoisotopic (exact) mass is 924 g/mol. The molecule has 15 heteroatoms. The van der Waals surface area contributed by atoms with Crippen molar-refractivity contribution in [2.24, 2.45) is 11.8 Å². The van der Waals surface area contributed by atoms with Gasteiger partial charge in [0.15, 0.2) is 0 Å². The van der Waals surface area contributed by atoms with Crippen LogP contribution < -0.4 is 20.4 Å². The zero-order chi connectivity index (χ0) is 48.4. The number of rotatable bonds is 10. The molecule has 0 aliphatic carbocycles. The maximum Gasteiger partial charge on any atom is 0.408 e. The number of aliphatic hydroxyl groups excluding tert-OH is 1. The molecule has 68 heavy (non-hydrogen) atoms. The van der Waals surface area contributed by atoms with Gasteiger partial charge in [0, 0.05) is 49.7 Å². The van der Waals surface area contributed by atoms with Crippen molar-refractivity contribution >= 4 is 51.6 Å². The van der Waals surface area contributed by atoms with E-state index in [4.69, 9.17) is 24.2 Å². The third kappa shape index (κ3) is 13.2. The predicted octanol–water partition coefficient (Wildman–Crippen LogP) is 8.98. The minimum Gasteiger partial charge on any atom is -0.467 e. The Labute approximate surface area is 398 Å². The van der Waals surface area contributed by atoms with Crippen molar-refractivity contribution in [1.29, 1.82) is 0 Å². The summed E-state index contributed by atoms with van der Waals surface area (Å²) in [5.41, 5.74) is 2.64. The number of nitrogens with one attached hydrogen (secondary N) is 2. The van der Waals surface area contributed by atoms with Gasteiger partial charge in [-0.25, -0.2) is 34.3 Å². The third-order valence-corrected chi connectivity index (χ3v) is 12.1. The molecule has 2 aliphatic heterocycles. The number of nitrogens with zero attached hydrogens (tertiary/aromatic N) is 6. The first-order valence-corrected chi connectivity index (χ1v) is 23.4. The van der Waals surface area contributed by atoms with Gasteiger partial charge in [-0.15, -0.1) is 0 Å². The van der Waals surface area contributed by atoms with Crippen LogP contribution in [-0.2, 0) is 19.0 Å². The lowest BCUT2D eigenvalue weighted by molar-refractivity contribution is -0.144. The number of ether oxygens (including phenoxy) is 3. The number of aliphatic hydroxyl groups is 1. The summed E-state index contributed by atoms with van der Waals surface area (Å²) >= 11 is 0. The molecule has 0 radical (unpaired) electrons. The van der Waals surface area contributed by atoms with Crippen molar-refractivity contribution in [2.45, 2.75) is 90.5 Å². The average Bonchev–Trinajstić information content (AvgIpc) is 3.33. The van der Waals surface area contributed by atoms with Gasteiger partial charge in [0.1, 0.15) is 17.2 Å². The van der Waals surface area contributed by atoms with E-state index in [0.717, 1.165) is 53.8 Å². The van der Waals surface area contributed by atoms with Gasteiger partial charge < -0.3 is 39.8 Å². The van der Waals surface area contributed by atoms with Gasteiger partial charge >= 0.3 is 18.2 Å². The second-order valence-electron chi connectivity index (χ2n) is 19.3. The van der Waals surface area contributed by atoms with Crippen molar-refractivity contribution < 1.29 is 33.7 Å². The van der Waals surface area contributed by atoms with E-state index in [9.17, 15) is 19.5 Å². The molecule has 6 aromatic rings. The summed E-state index contributed by atoms with van der Waals surface area (Å²) in [6.07, 6.45) is 5.48. The van der Waals surface area contributed by atoms with E-state index in [1.807, 2.05) is 57.2 Å². The fourth-order valence-electron chi connectivity index (χ4n) is 8.66. The van der Waals surface area contributed by atoms with Crippen LogP contribution in [0, 0.1) is 11.8 Å². The molecule has 358 valence electrons. The quantitative estimate of drug-likeness (QED) is 0.0876. The zero-order valence-corrected chi connectivity index (χ0v) is 40.1. The number of hydrogen-bond donors (Lipinski definition) is 3. The molecule has 0 spiro atoms. The molecule has 2 fully saturated rings. The van der Waals surface area contributed by atoms with E-state index in [2.05, 4.69) is 91.1 Å². The minimum atomic E-state index is -0.762. The maximum absolute atomic E-state index is 12.4. The first-order chi connectivity index (χ1) is 32.6. The van der Waals surface area contributed by atoms with E-state index >= 15 is 0 Å². The molecule has 15 nitrogen and oxygen atoms in total. The largest absolute Gasteiger partial charge is 0.467 e. The van der Waals surface area contributed by atoms with Crippen LogP contribution in [0.25, 0.3) is 44.1 Å². The Bertz CT molecular complexity index is 2670. The Kier molecular flexibility index (Phi) is 15.7. The smallest absolute Gasteiger partial charge is 0.408 e. The van der Waals surface area contributed by atoms with Crippen molar-refractivity contribution in [3.63, 3.8) is 0 Å². The van der Waals surface area contributed by atoms with Crippen LogP contribution in [0.4, 0.5) is 21.5 Å². The standard InChI is InChI=1S/C27H32N4O4.C26H32N4O3/c1-27(2,3)35-26(33)30-23(24(32)34-4)19-12-15-31(16-13-19)25-28-14-11-22(29-25)21-10-9-18-7-5-6-8-20(18)17-21;1-26(2,3)33-25(32)29-23(17-31)19-11-14-30(15-12-19)24-27-13-10-22(28-24)21-9-8-18-6-4-5-7-20(18)16-21/h5-11,14,17,19,23H,12-13,15-16H2,1-4H3,(H,30,33);4-10,13,16,19,23,31H,11-12,14-15,17H2,1-3H3,(H,29,32)/t2*23-/m10/s1. The summed E-state index contributed by atoms with van der Waals surface area (Å²) in [5.74, 6) is 0.991. The number of carbonyl (C=O) groups is 3. The van der Waals surface area contributed by atoms with Gasteiger partial charge in [-0.3, -0.25) is 0 Å². The van der Waals surface area contributed by atoms with Gasteiger partial charge in [0.25, 0.3) is 0 Å². The summed E-state index contributed by atoms with van der Waals surface area (Å²) in [6, 6.07) is 32.0. The third-order valence-electron chi connectivity index (χ3n) is 12.1. The summed E-state index contributed by atoms with van der Waals surface area (Å²) < 4.78 is 15.6. The zero-order valence-electron chi connectivity index (χ0n) is 40.1. The number of esters is 1. The van der Waals surface area contributed by atoms with Crippen LogP contribution in [0.1, 0.15) is 67.2 Å². The molecule has 0 unspecified atom stereocenters. The van der Waals surface area contributed by atoms with Crippen molar-refractivity contribution in [3.8, 4) is 22.5 Å². The number of fused-ring (bicyclic) bond motifs is 2. The van der Waals surface area contributed by atoms with E-state index in [1.165, 1.54) is 23.3 Å². The summed E-state index contributed by atoms with van der Waals surface area (Å²) in [5, 5.41) is 20.1. The molecule has 2 amide bonds. The first kappa shape index (κ1) is 49.0. The van der Waals surface area contributed by atoms with Crippen molar-refractivity contribution in [3.05, 3.63) is 109 Å². The maximum atomic E-state index is 12.4. The highest BCUT2D eigenvalue weighted by Crippen LogP contribution is 2.30. The highest BCUT2D eigenvalue weighted by molar-refractivity contribution is 5.88. The highest BCUT2D eigenvalue weighted by atomic mass is 16.6. The molecule has 0 saturated carbocycles. The number of aromatic nitrogens is 4. The van der Waals surface area contributed by atoms with Crippen LogP contribution in [-0.4, -0.2) is 106 Å². The Morgan fingerprint density at radius 2 is 1.04 bits per heavy atom. The Morgan fingerprint density at radius 1 is 0.618 bits per heavy atom. The van der Waals surface area contributed by atoms with Crippen molar-refractivity contribution in [2.75, 3.05) is 49.7 Å². The topological polar surface area (TPSA) is 181 Å². The minimum absolute atomic E-state index is 0.0742. The second-order valence-corrected chi connectivity index (χ2v) is 19.3. The Morgan fingerprint density at radius 3 is 1.47 bits per heavy atom. The molecule has 3 N–H and O–H groups in total. The number of piperidine rings is 2. The molecule has 0 bridgehead atoms. The highest BCUT2D eigenvalue weighted by Gasteiger charge is 2.35. The van der Waals surface area contributed by atoms with Crippen LogP contribution >= 0.6 is 0 Å². The molecular weight excluding hydrogens is 861 g/mol. The van der Waals surface area contributed by atoms with Crippen LogP contribution in [0.3, 0.4) is 0 Å². The Hall–Kier alpha value is -6.87. The molecule has 4 aromatic carbocycles. The van der Waals surface area contributed by atoms with E-state index in [-0.39, 0.29) is 24.5 Å². The molecule has 2 aromatic heterocycles. The van der Waals surface area contributed by atoms with Crippen molar-refractivity contribution in [1.82, 2.24) is 30.6 Å². The Balaban J connectivity index is 0.000000202. The second kappa shape index (κ2) is 21.8. The number of methoxy groups -OCH3 is 1. The predicted molar refractivity (Wildman–Crippen MR) is 265 cm³/mol. The number of anilines is 2. The number of benzene rings is 4. The summed E-state index contributed by atoms with van der Waals surface area (Å²) in [4.78, 5) is 59.8. The fraction of sp³-hybridized carbons (Fsp3) is 0.415. The van der Waals surface area contributed by atoms with Gasteiger partial charge in [-0.05, 0) is 125 Å². The van der Waals surface area contributed by atoms with E-state index < -0.39 is 35.4 Å². The fourth-order valence-corrected chi connectivity index (χ4v) is 8.66. The lowest BCUT2D eigenvalue weighted by Crippen LogP contribution is -2.51. The number of amides is 2. The lowest BCUT2D eigenvalue weighted by atomic mass is 9.89. The van der Waals surface area contributed by atoms with Gasteiger partial charge in [0.05, 0.1) is 31.1 Å². The van der Waals surface area contributed by atoms with Crippen LogP contribution in [0.2, 0.25) is 0 Å². The van der Waals surface area contributed by atoms with E-state index in [1.54, 1.807) is 33.2 Å². The van der Waals surface area contributed by atoms with E-state index in [0.29, 0.717) is 37.8 Å². The molecule has 8 rings (SSSR count). The molecule has 2 aliphatic rings. The van der Waals surface area contributed by atoms with Crippen LogP contribution in [0.15, 0.2) is 109 Å². The molecular formula is C53H64N8O7. The number of alkyl carbamates (subject to hydrolysis) is 2. The van der Waals surface area contributed by atoms with Crippen LogP contribution in [0.5, 0.6) is 0 Å². The SMILES string of the molecule is CC(C)(C)OC(=O)N[C@@H](CO)C1CCN(c2nccc(-c3ccc4ccccc4c3)n2)CC1.COC(=O)[C@H](NC(=O)OC(C)(C)C)C1CCN(c2nccc(-c3ccc4ccccc4c3)n2)CC1. The van der Waals surface area contributed by atoms with Gasteiger partial charge in [0.2, 0.25) is 11.9 Å². The summed E-state index contributed by atoms with van der Waals surface area (Å²) in [6.45, 7) is 13.6. The van der Waals surface area contributed by atoms with Gasteiger partial charge in [-0.1, -0.05) is 72.8 Å². The number of carbonyl (C=O) groups excluding carboxylic acids is 3. The summed E-state index contributed by atoms with van der Waals surface area (Å²) in [7, 11) is 1.33. The number of hydrogen-bond acceptors (Lipinski definition) is 13. The molecule has 2 saturated heterocycles. The molecule has 4 heterocycles. The van der Waals surface area contributed by atoms with Gasteiger partial charge in [-0.2, -0.15) is 0 Å². The normalized spacial score (nSPS) is 15.7. The average molecular weight is 925 g/mol. The lowest BCUT2D eigenvalue weighted by Gasteiger charge is -2.36.